The molecule has 19 heavy (non-hydrogen) atoms. The summed E-state index contributed by atoms with van der Waals surface area (Å²) in [6.45, 7) is 0.908. The van der Waals surface area contributed by atoms with Crippen molar-refractivity contribution in [2.75, 3.05) is 13.2 Å². The van der Waals surface area contributed by atoms with Gasteiger partial charge in [0.2, 0.25) is 5.91 Å². The predicted molar refractivity (Wildman–Crippen MR) is 73.9 cm³/mol. The smallest absolute Gasteiger partial charge is 0.220 e. The maximum absolute atomic E-state index is 12.0. The maximum Gasteiger partial charge on any atom is 0.220 e. The zero-order chi connectivity index (χ0) is 13.6. The summed E-state index contributed by atoms with van der Waals surface area (Å²) in [7, 11) is 0. The Balaban J connectivity index is 1.72. The molecule has 0 aromatic rings. The van der Waals surface area contributed by atoms with Crippen LogP contribution in [0.1, 0.15) is 64.2 Å². The van der Waals surface area contributed by atoms with Gasteiger partial charge in [-0.15, -0.1) is 0 Å². The van der Waals surface area contributed by atoms with Crippen LogP contribution >= 0.6 is 0 Å². The largest absolute Gasteiger partial charge is 0.394 e. The van der Waals surface area contributed by atoms with E-state index in [1.54, 1.807) is 0 Å². The number of nitrogens with one attached hydrogen (secondary N) is 1. The number of carbonyl (C=O) groups excluding carboxylic acids is 1. The quantitative estimate of drug-likeness (QED) is 0.804. The molecule has 0 spiro atoms. The van der Waals surface area contributed by atoms with Gasteiger partial charge in [0, 0.05) is 13.0 Å². The minimum atomic E-state index is -0.344. The van der Waals surface area contributed by atoms with E-state index < -0.39 is 0 Å². The number of hydrogen-bond acceptors (Lipinski definition) is 3. The minimum Gasteiger partial charge on any atom is -0.394 e. The first-order valence-electron chi connectivity index (χ1n) is 7.78. The summed E-state index contributed by atoms with van der Waals surface area (Å²) in [6, 6.07) is 0. The number of amides is 1. The Kier molecular flexibility index (Phi) is 5.64. The van der Waals surface area contributed by atoms with Gasteiger partial charge in [-0.3, -0.25) is 4.79 Å². The van der Waals surface area contributed by atoms with Gasteiger partial charge >= 0.3 is 0 Å². The van der Waals surface area contributed by atoms with E-state index in [1.165, 1.54) is 12.8 Å². The molecule has 4 heteroatoms. The van der Waals surface area contributed by atoms with Crippen LogP contribution < -0.4 is 5.32 Å². The lowest BCUT2D eigenvalue weighted by Crippen LogP contribution is -2.52. The van der Waals surface area contributed by atoms with Gasteiger partial charge in [-0.2, -0.15) is 0 Å². The van der Waals surface area contributed by atoms with Crippen LogP contribution in [0.4, 0.5) is 0 Å². The molecule has 0 bridgehead atoms. The highest BCUT2D eigenvalue weighted by Gasteiger charge is 2.32. The van der Waals surface area contributed by atoms with Gasteiger partial charge in [-0.25, -0.2) is 0 Å². The van der Waals surface area contributed by atoms with Crippen molar-refractivity contribution in [3.8, 4) is 0 Å². The molecule has 1 amide bonds. The van der Waals surface area contributed by atoms with Crippen LogP contribution in [0.15, 0.2) is 0 Å². The highest BCUT2D eigenvalue weighted by atomic mass is 16.5. The Labute approximate surface area is 115 Å². The van der Waals surface area contributed by atoms with Gasteiger partial charge in [-0.1, -0.05) is 19.3 Å². The van der Waals surface area contributed by atoms with E-state index in [4.69, 9.17) is 4.74 Å². The number of aliphatic hydroxyl groups is 1. The first-order chi connectivity index (χ1) is 9.24. The van der Waals surface area contributed by atoms with Crippen LogP contribution in [-0.4, -0.2) is 35.9 Å². The van der Waals surface area contributed by atoms with Crippen LogP contribution in [0.2, 0.25) is 0 Å². The fraction of sp³-hybridized carbons (Fsp3) is 0.933. The molecule has 1 aliphatic carbocycles. The first kappa shape index (κ1) is 14.8. The van der Waals surface area contributed by atoms with Gasteiger partial charge in [0.15, 0.2) is 0 Å². The Hall–Kier alpha value is -0.610. The van der Waals surface area contributed by atoms with Crippen LogP contribution in [0, 0.1) is 0 Å². The van der Waals surface area contributed by atoms with Crippen LogP contribution in [0.5, 0.6) is 0 Å². The molecule has 1 aliphatic heterocycles. The van der Waals surface area contributed by atoms with Crippen molar-refractivity contribution in [1.29, 1.82) is 0 Å². The molecule has 0 aromatic heterocycles. The molecule has 1 saturated carbocycles. The molecule has 1 unspecified atom stereocenters. The third kappa shape index (κ3) is 4.46. The van der Waals surface area contributed by atoms with Gasteiger partial charge in [0.05, 0.1) is 18.2 Å². The van der Waals surface area contributed by atoms with Crippen LogP contribution in [0.25, 0.3) is 0 Å². The zero-order valence-corrected chi connectivity index (χ0v) is 11.8. The van der Waals surface area contributed by atoms with E-state index in [0.29, 0.717) is 6.42 Å². The molecule has 1 atom stereocenters. The predicted octanol–water partition coefficient (Wildman–Crippen LogP) is 2.15. The fourth-order valence-electron chi connectivity index (χ4n) is 3.24. The topological polar surface area (TPSA) is 58.6 Å². The highest BCUT2D eigenvalue weighted by molar-refractivity contribution is 5.76. The molecule has 2 fully saturated rings. The van der Waals surface area contributed by atoms with Gasteiger partial charge in [0.25, 0.3) is 0 Å². The van der Waals surface area contributed by atoms with Crippen molar-refractivity contribution in [1.82, 2.24) is 5.32 Å². The van der Waals surface area contributed by atoms with E-state index in [-0.39, 0.29) is 24.2 Å². The second kappa shape index (κ2) is 7.25. The second-order valence-corrected chi connectivity index (χ2v) is 6.07. The molecule has 0 radical (unpaired) electrons. The molecule has 1 saturated heterocycles. The van der Waals surface area contributed by atoms with Gasteiger partial charge < -0.3 is 15.2 Å². The second-order valence-electron chi connectivity index (χ2n) is 6.07. The molecular formula is C15H27NO3. The van der Waals surface area contributed by atoms with E-state index in [0.717, 1.165) is 51.6 Å². The van der Waals surface area contributed by atoms with Gasteiger partial charge in [-0.05, 0) is 38.5 Å². The maximum atomic E-state index is 12.0. The van der Waals surface area contributed by atoms with Crippen molar-refractivity contribution in [3.05, 3.63) is 0 Å². The van der Waals surface area contributed by atoms with E-state index in [1.807, 2.05) is 0 Å². The van der Waals surface area contributed by atoms with Crippen molar-refractivity contribution < 1.29 is 14.6 Å². The molecular weight excluding hydrogens is 242 g/mol. The van der Waals surface area contributed by atoms with Crippen LogP contribution in [-0.2, 0) is 9.53 Å². The Morgan fingerprint density at radius 3 is 2.63 bits per heavy atom. The number of ether oxygens (including phenoxy) is 1. The normalized spacial score (nSPS) is 26.9. The third-order valence-electron chi connectivity index (χ3n) is 4.49. The first-order valence-corrected chi connectivity index (χ1v) is 7.78. The fourth-order valence-corrected chi connectivity index (χ4v) is 3.24. The number of rotatable bonds is 5. The van der Waals surface area contributed by atoms with Crippen molar-refractivity contribution in [2.45, 2.75) is 75.9 Å². The molecule has 1 heterocycles. The summed E-state index contributed by atoms with van der Waals surface area (Å²) < 4.78 is 5.64. The third-order valence-corrected chi connectivity index (χ3v) is 4.49. The summed E-state index contributed by atoms with van der Waals surface area (Å²) in [5.74, 6) is 0.0742. The molecule has 2 N–H and O–H groups in total. The van der Waals surface area contributed by atoms with Crippen molar-refractivity contribution in [2.24, 2.45) is 0 Å². The number of aliphatic hydroxyl groups excluding tert-OH is 1. The van der Waals surface area contributed by atoms with E-state index in [2.05, 4.69) is 5.32 Å². The van der Waals surface area contributed by atoms with Crippen molar-refractivity contribution in [3.63, 3.8) is 0 Å². The summed E-state index contributed by atoms with van der Waals surface area (Å²) in [4.78, 5) is 12.0. The van der Waals surface area contributed by atoms with E-state index in [9.17, 15) is 9.90 Å². The SMILES string of the molecule is O=C(CCC1CCCCO1)NC1(CO)CCCCC1. The minimum absolute atomic E-state index is 0.0681. The monoisotopic (exact) mass is 269 g/mol. The highest BCUT2D eigenvalue weighted by Crippen LogP contribution is 2.28. The molecule has 2 aliphatic rings. The molecule has 4 nitrogen and oxygen atoms in total. The Bertz CT molecular complexity index is 281. The summed E-state index contributed by atoms with van der Waals surface area (Å²) in [6.07, 6.45) is 10.3. The van der Waals surface area contributed by atoms with Gasteiger partial charge in [0.1, 0.15) is 0 Å². The van der Waals surface area contributed by atoms with Crippen LogP contribution in [0.3, 0.4) is 0 Å². The molecule has 110 valence electrons. The molecule has 0 aromatic carbocycles. The van der Waals surface area contributed by atoms with Crippen molar-refractivity contribution >= 4 is 5.91 Å². The molecule has 2 rings (SSSR count). The summed E-state index contributed by atoms with van der Waals surface area (Å²) in [5.41, 5.74) is -0.344. The summed E-state index contributed by atoms with van der Waals surface area (Å²) in [5, 5.41) is 12.6. The number of hydrogen-bond donors (Lipinski definition) is 2. The standard InChI is InChI=1S/C15H27NO3/c17-12-15(9-3-1-4-10-15)16-14(18)8-7-13-6-2-5-11-19-13/h13,17H,1-12H2,(H,16,18). The lowest BCUT2D eigenvalue weighted by Gasteiger charge is -2.36. The lowest BCUT2D eigenvalue weighted by atomic mass is 9.82. The Morgan fingerprint density at radius 1 is 1.21 bits per heavy atom. The Morgan fingerprint density at radius 2 is 2.00 bits per heavy atom. The van der Waals surface area contributed by atoms with E-state index >= 15 is 0 Å². The zero-order valence-electron chi connectivity index (χ0n) is 11.8. The average molecular weight is 269 g/mol. The lowest BCUT2D eigenvalue weighted by molar-refractivity contribution is -0.125. The number of carbonyl (C=O) groups is 1. The summed E-state index contributed by atoms with van der Waals surface area (Å²) >= 11 is 0. The average Bonchev–Trinajstić information content (AvgIpc) is 2.47.